The third kappa shape index (κ3) is 5.63. The van der Waals surface area contributed by atoms with Crippen LogP contribution in [0.3, 0.4) is 0 Å². The van der Waals surface area contributed by atoms with Gasteiger partial charge in [0.05, 0.1) is 29.6 Å². The average Bonchev–Trinajstić information content (AvgIpc) is 3.51. The topological polar surface area (TPSA) is 106 Å². The number of benzene rings is 3. The molecule has 0 N–H and O–H groups in total. The van der Waals surface area contributed by atoms with Crippen LogP contribution in [0.2, 0.25) is 0 Å². The van der Waals surface area contributed by atoms with Crippen molar-refractivity contribution in [1.82, 2.24) is 9.55 Å². The Kier molecular flexibility index (Phi) is 7.56. The van der Waals surface area contributed by atoms with Crippen molar-refractivity contribution >= 4 is 17.9 Å². The van der Waals surface area contributed by atoms with Crippen LogP contribution in [0.25, 0.3) is 0 Å². The summed E-state index contributed by atoms with van der Waals surface area (Å²) in [6, 6.07) is 25.2. The second kappa shape index (κ2) is 11.5. The molecule has 0 spiro atoms. The minimum absolute atomic E-state index is 0.118. The molecule has 0 aliphatic carbocycles. The van der Waals surface area contributed by atoms with Gasteiger partial charge in [-0.1, -0.05) is 54.6 Å². The monoisotopic (exact) mass is 512 g/mol. The quantitative estimate of drug-likeness (QED) is 0.269. The van der Waals surface area contributed by atoms with E-state index in [4.69, 9.17) is 18.9 Å². The van der Waals surface area contributed by atoms with Gasteiger partial charge in [-0.25, -0.2) is 19.4 Å². The van der Waals surface area contributed by atoms with E-state index in [0.717, 1.165) is 0 Å². The van der Waals surface area contributed by atoms with Gasteiger partial charge in [0.1, 0.15) is 0 Å². The van der Waals surface area contributed by atoms with Gasteiger partial charge in [0.15, 0.2) is 24.5 Å². The third-order valence-corrected chi connectivity index (χ3v) is 5.99. The summed E-state index contributed by atoms with van der Waals surface area (Å²) >= 11 is 0. The summed E-state index contributed by atoms with van der Waals surface area (Å²) in [5, 5.41) is 0. The molecule has 0 saturated carbocycles. The Morgan fingerprint density at radius 3 is 1.63 bits per heavy atom. The number of imidazole rings is 1. The van der Waals surface area contributed by atoms with E-state index in [1.807, 2.05) is 0 Å². The van der Waals surface area contributed by atoms with Crippen molar-refractivity contribution in [2.75, 3.05) is 6.61 Å². The largest absolute Gasteiger partial charge is 0.452 e. The minimum atomic E-state index is -1.19. The number of nitrogens with zero attached hydrogens (tertiary/aromatic N) is 2. The molecule has 0 unspecified atom stereocenters. The van der Waals surface area contributed by atoms with Crippen molar-refractivity contribution in [3.63, 3.8) is 0 Å². The highest BCUT2D eigenvalue weighted by atomic mass is 16.6. The molecule has 9 nitrogen and oxygen atoms in total. The molecule has 4 atom stereocenters. The van der Waals surface area contributed by atoms with E-state index >= 15 is 0 Å². The molecule has 1 aliphatic rings. The lowest BCUT2D eigenvalue weighted by atomic mass is 10.0. The number of esters is 3. The molecule has 1 aromatic heterocycles. The van der Waals surface area contributed by atoms with Gasteiger partial charge >= 0.3 is 17.9 Å². The van der Waals surface area contributed by atoms with Crippen LogP contribution in [0.15, 0.2) is 110 Å². The lowest BCUT2D eigenvalue weighted by Crippen LogP contribution is -2.55. The summed E-state index contributed by atoms with van der Waals surface area (Å²) < 4.78 is 25.2. The third-order valence-electron chi connectivity index (χ3n) is 5.99. The van der Waals surface area contributed by atoms with Gasteiger partial charge in [-0.05, 0) is 36.4 Å². The molecule has 1 aliphatic heterocycles. The fourth-order valence-electron chi connectivity index (χ4n) is 4.11. The standard InChI is InChI=1S/C29H24N2O7/c32-27(20-10-4-1-5-11-20)36-23-18-35-26(31-17-16-30-19-31)25(38-29(34)22-14-8-3-9-15-22)24(23)37-28(33)21-12-6-2-7-13-21/h1-17,19,23-26H,18H2/t23-,24+,25-,26+/m1/s1. The summed E-state index contributed by atoms with van der Waals surface area (Å²) in [5.41, 5.74) is 0.906. The molecule has 1 fully saturated rings. The van der Waals surface area contributed by atoms with Crippen LogP contribution in [0, 0.1) is 0 Å². The molecule has 192 valence electrons. The van der Waals surface area contributed by atoms with Crippen molar-refractivity contribution in [2.45, 2.75) is 24.5 Å². The van der Waals surface area contributed by atoms with Gasteiger partial charge in [-0.15, -0.1) is 0 Å². The summed E-state index contributed by atoms with van der Waals surface area (Å²) in [6.07, 6.45) is 0.359. The molecule has 5 rings (SSSR count). The predicted molar refractivity (Wildman–Crippen MR) is 134 cm³/mol. The first-order valence-corrected chi connectivity index (χ1v) is 12.0. The smallest absolute Gasteiger partial charge is 0.338 e. The molecule has 0 bridgehead atoms. The zero-order valence-electron chi connectivity index (χ0n) is 20.2. The van der Waals surface area contributed by atoms with Crippen LogP contribution in [-0.2, 0) is 18.9 Å². The predicted octanol–water partition coefficient (Wildman–Crippen LogP) is 4.09. The maximum Gasteiger partial charge on any atom is 0.338 e. The van der Waals surface area contributed by atoms with Crippen LogP contribution in [0.4, 0.5) is 0 Å². The van der Waals surface area contributed by atoms with Gasteiger partial charge in [0.2, 0.25) is 0 Å². The SMILES string of the molecule is O=C(O[C@@H]1[C@@H](OC(=O)c2ccccc2)[C@@H](n2ccnc2)OC[C@H]1OC(=O)c1ccccc1)c1ccccc1. The highest BCUT2D eigenvalue weighted by molar-refractivity contribution is 5.91. The van der Waals surface area contributed by atoms with E-state index in [9.17, 15) is 14.4 Å². The van der Waals surface area contributed by atoms with E-state index < -0.39 is 42.4 Å². The number of rotatable bonds is 7. The number of hydrogen-bond donors (Lipinski definition) is 0. The first kappa shape index (κ1) is 24.9. The van der Waals surface area contributed by atoms with Crippen molar-refractivity contribution in [3.8, 4) is 0 Å². The lowest BCUT2D eigenvalue weighted by molar-refractivity contribution is -0.212. The number of hydrogen-bond acceptors (Lipinski definition) is 8. The molecular formula is C29H24N2O7. The summed E-state index contributed by atoms with van der Waals surface area (Å²) in [5.74, 6) is -1.95. The summed E-state index contributed by atoms with van der Waals surface area (Å²) in [4.78, 5) is 43.3. The molecular weight excluding hydrogens is 488 g/mol. The summed E-state index contributed by atoms with van der Waals surface area (Å²) in [7, 11) is 0. The fraction of sp³-hybridized carbons (Fsp3) is 0.172. The van der Waals surface area contributed by atoms with Gasteiger partial charge in [-0.3, -0.25) is 0 Å². The van der Waals surface area contributed by atoms with Gasteiger partial charge in [0.25, 0.3) is 0 Å². The number of aromatic nitrogens is 2. The van der Waals surface area contributed by atoms with E-state index in [1.54, 1.807) is 108 Å². The molecule has 4 aromatic rings. The molecule has 38 heavy (non-hydrogen) atoms. The number of carbonyl (C=O) groups excluding carboxylic acids is 3. The second-order valence-electron chi connectivity index (χ2n) is 8.52. The van der Waals surface area contributed by atoms with Gasteiger partial charge in [0, 0.05) is 12.4 Å². The van der Waals surface area contributed by atoms with Gasteiger partial charge < -0.3 is 23.5 Å². The van der Waals surface area contributed by atoms with E-state index in [-0.39, 0.29) is 6.61 Å². The van der Waals surface area contributed by atoms with Gasteiger partial charge in [-0.2, -0.15) is 0 Å². The van der Waals surface area contributed by atoms with E-state index in [1.165, 1.54) is 6.33 Å². The fourth-order valence-corrected chi connectivity index (χ4v) is 4.11. The van der Waals surface area contributed by atoms with E-state index in [0.29, 0.717) is 16.7 Å². The van der Waals surface area contributed by atoms with E-state index in [2.05, 4.69) is 4.98 Å². The van der Waals surface area contributed by atoms with Crippen LogP contribution in [0.1, 0.15) is 37.3 Å². The molecule has 1 saturated heterocycles. The Balaban J connectivity index is 1.49. The molecule has 3 aromatic carbocycles. The second-order valence-corrected chi connectivity index (χ2v) is 8.52. The first-order chi connectivity index (χ1) is 18.6. The highest BCUT2D eigenvalue weighted by Crippen LogP contribution is 2.32. The molecule has 9 heteroatoms. The Morgan fingerprint density at radius 2 is 1.16 bits per heavy atom. The highest BCUT2D eigenvalue weighted by Gasteiger charge is 2.48. The Labute approximate surface area is 218 Å². The first-order valence-electron chi connectivity index (χ1n) is 12.0. The maximum atomic E-state index is 13.1. The molecule has 2 heterocycles. The average molecular weight is 513 g/mol. The Bertz CT molecular complexity index is 1360. The molecule has 0 radical (unpaired) electrons. The van der Waals surface area contributed by atoms with Crippen LogP contribution in [-0.4, -0.2) is 52.4 Å². The minimum Gasteiger partial charge on any atom is -0.452 e. The lowest BCUT2D eigenvalue weighted by Gasteiger charge is -2.41. The maximum absolute atomic E-state index is 13.1. The Morgan fingerprint density at radius 1 is 0.684 bits per heavy atom. The van der Waals surface area contributed by atoms with Crippen molar-refractivity contribution in [2.24, 2.45) is 0 Å². The number of ether oxygens (including phenoxy) is 4. The van der Waals surface area contributed by atoms with Crippen LogP contribution >= 0.6 is 0 Å². The van der Waals surface area contributed by atoms with Crippen molar-refractivity contribution in [1.29, 1.82) is 0 Å². The number of carbonyl (C=O) groups is 3. The van der Waals surface area contributed by atoms with Crippen molar-refractivity contribution in [3.05, 3.63) is 126 Å². The van der Waals surface area contributed by atoms with Crippen LogP contribution < -0.4 is 0 Å². The normalized spacial score (nSPS) is 20.7. The van der Waals surface area contributed by atoms with Crippen LogP contribution in [0.5, 0.6) is 0 Å². The zero-order chi connectivity index (χ0) is 26.3. The molecule has 0 amide bonds. The van der Waals surface area contributed by atoms with Crippen molar-refractivity contribution < 1.29 is 33.3 Å². The zero-order valence-corrected chi connectivity index (χ0v) is 20.2. The summed E-state index contributed by atoms with van der Waals surface area (Å²) in [6.45, 7) is -0.118. The Hall–Kier alpha value is -4.76.